The van der Waals surface area contributed by atoms with E-state index in [9.17, 15) is 4.39 Å². The molecule has 0 unspecified atom stereocenters. The Morgan fingerprint density at radius 1 is 1.11 bits per heavy atom. The van der Waals surface area contributed by atoms with Gasteiger partial charge in [0.15, 0.2) is 0 Å². The van der Waals surface area contributed by atoms with Gasteiger partial charge in [-0.05, 0) is 49.4 Å². The fourth-order valence-corrected chi connectivity index (χ4v) is 3.80. The molecule has 1 saturated heterocycles. The number of hydrogen-bond donors (Lipinski definition) is 1. The molecule has 0 amide bonds. The molecule has 1 aromatic rings. The summed E-state index contributed by atoms with van der Waals surface area (Å²) in [6.45, 7) is 2.83. The highest BCUT2D eigenvalue weighted by molar-refractivity contribution is 5.58. The molecule has 0 radical (unpaired) electrons. The number of nitrogens with zero attached hydrogens (tertiary/aromatic N) is 1. The van der Waals surface area contributed by atoms with E-state index in [0.717, 1.165) is 31.5 Å². The highest BCUT2D eigenvalue weighted by Gasteiger charge is 2.37. The van der Waals surface area contributed by atoms with Crippen LogP contribution in [0.4, 0.5) is 10.1 Å². The van der Waals surface area contributed by atoms with Gasteiger partial charge >= 0.3 is 0 Å². The standard InChI is InChI=1S/C16H23FN2/c17-13-5-6-15(19-9-3-4-10-19)14(11-13)16(12-18)7-1-2-8-16/h5-6,11H,1-4,7-10,12,18H2. The van der Waals surface area contributed by atoms with Gasteiger partial charge in [-0.2, -0.15) is 0 Å². The van der Waals surface area contributed by atoms with E-state index < -0.39 is 0 Å². The van der Waals surface area contributed by atoms with Crippen molar-refractivity contribution in [2.75, 3.05) is 24.5 Å². The molecular formula is C16H23FN2. The Labute approximate surface area is 114 Å². The first-order valence-corrected chi connectivity index (χ1v) is 7.50. The van der Waals surface area contributed by atoms with Gasteiger partial charge < -0.3 is 10.6 Å². The predicted molar refractivity (Wildman–Crippen MR) is 77.0 cm³/mol. The SMILES string of the molecule is NCC1(c2cc(F)ccc2N2CCCC2)CCCC1. The molecular weight excluding hydrogens is 239 g/mol. The minimum Gasteiger partial charge on any atom is -0.371 e. The van der Waals surface area contributed by atoms with Gasteiger partial charge in [-0.25, -0.2) is 4.39 Å². The fourth-order valence-electron chi connectivity index (χ4n) is 3.80. The van der Waals surface area contributed by atoms with Crippen LogP contribution in [0.3, 0.4) is 0 Å². The zero-order valence-electron chi connectivity index (χ0n) is 11.5. The van der Waals surface area contributed by atoms with E-state index in [2.05, 4.69) is 4.90 Å². The lowest BCUT2D eigenvalue weighted by Gasteiger charge is -2.33. The molecule has 0 bridgehead atoms. The van der Waals surface area contributed by atoms with E-state index in [1.807, 2.05) is 6.07 Å². The first-order valence-electron chi connectivity index (χ1n) is 7.50. The zero-order valence-corrected chi connectivity index (χ0v) is 11.5. The molecule has 2 aliphatic rings. The summed E-state index contributed by atoms with van der Waals surface area (Å²) >= 11 is 0. The molecule has 104 valence electrons. The molecule has 1 aliphatic heterocycles. The third-order valence-electron chi connectivity index (χ3n) is 4.93. The maximum Gasteiger partial charge on any atom is 0.123 e. The summed E-state index contributed by atoms with van der Waals surface area (Å²) in [5.41, 5.74) is 8.48. The summed E-state index contributed by atoms with van der Waals surface area (Å²) < 4.78 is 13.7. The smallest absolute Gasteiger partial charge is 0.123 e. The molecule has 3 rings (SSSR count). The van der Waals surface area contributed by atoms with Gasteiger partial charge in [-0.15, -0.1) is 0 Å². The van der Waals surface area contributed by atoms with Crippen molar-refractivity contribution in [1.29, 1.82) is 0 Å². The lowest BCUT2D eigenvalue weighted by atomic mass is 9.78. The highest BCUT2D eigenvalue weighted by atomic mass is 19.1. The van der Waals surface area contributed by atoms with E-state index in [-0.39, 0.29) is 11.2 Å². The second-order valence-electron chi connectivity index (χ2n) is 6.05. The van der Waals surface area contributed by atoms with Crippen molar-refractivity contribution in [2.45, 2.75) is 43.9 Å². The van der Waals surface area contributed by atoms with Gasteiger partial charge in [-0.1, -0.05) is 12.8 Å². The lowest BCUT2D eigenvalue weighted by molar-refractivity contribution is 0.449. The van der Waals surface area contributed by atoms with Crippen molar-refractivity contribution < 1.29 is 4.39 Å². The Morgan fingerprint density at radius 2 is 1.79 bits per heavy atom. The molecule has 2 N–H and O–H groups in total. The molecule has 0 atom stereocenters. The summed E-state index contributed by atoms with van der Waals surface area (Å²) in [5, 5.41) is 0. The van der Waals surface area contributed by atoms with Crippen LogP contribution in [0, 0.1) is 5.82 Å². The summed E-state index contributed by atoms with van der Waals surface area (Å²) in [6.07, 6.45) is 7.13. The van der Waals surface area contributed by atoms with Gasteiger partial charge in [0, 0.05) is 30.7 Å². The summed E-state index contributed by atoms with van der Waals surface area (Å²) in [4.78, 5) is 2.41. The Morgan fingerprint density at radius 3 is 2.42 bits per heavy atom. The molecule has 2 fully saturated rings. The number of anilines is 1. The quantitative estimate of drug-likeness (QED) is 0.906. The fraction of sp³-hybridized carbons (Fsp3) is 0.625. The Hall–Kier alpha value is -1.09. The number of benzene rings is 1. The number of hydrogen-bond acceptors (Lipinski definition) is 2. The van der Waals surface area contributed by atoms with Gasteiger partial charge in [0.2, 0.25) is 0 Å². The summed E-state index contributed by atoms with van der Waals surface area (Å²) in [6, 6.07) is 5.30. The van der Waals surface area contributed by atoms with Crippen LogP contribution in [0.15, 0.2) is 18.2 Å². The second-order valence-corrected chi connectivity index (χ2v) is 6.05. The van der Waals surface area contributed by atoms with E-state index >= 15 is 0 Å². The van der Waals surface area contributed by atoms with Crippen molar-refractivity contribution in [3.63, 3.8) is 0 Å². The van der Waals surface area contributed by atoms with Crippen LogP contribution in [-0.4, -0.2) is 19.6 Å². The van der Waals surface area contributed by atoms with Crippen molar-refractivity contribution in [1.82, 2.24) is 0 Å². The van der Waals surface area contributed by atoms with Crippen molar-refractivity contribution in [3.8, 4) is 0 Å². The molecule has 1 heterocycles. The van der Waals surface area contributed by atoms with Gasteiger partial charge in [0.1, 0.15) is 5.82 Å². The number of nitrogens with two attached hydrogens (primary N) is 1. The maximum absolute atomic E-state index is 13.7. The third-order valence-corrected chi connectivity index (χ3v) is 4.93. The van der Waals surface area contributed by atoms with Gasteiger partial charge in [-0.3, -0.25) is 0 Å². The van der Waals surface area contributed by atoms with Crippen LogP contribution in [-0.2, 0) is 5.41 Å². The molecule has 19 heavy (non-hydrogen) atoms. The Kier molecular flexibility index (Phi) is 3.48. The van der Waals surface area contributed by atoms with Crippen molar-refractivity contribution in [3.05, 3.63) is 29.6 Å². The largest absolute Gasteiger partial charge is 0.371 e. The molecule has 2 nitrogen and oxygen atoms in total. The minimum atomic E-state index is -0.127. The van der Waals surface area contributed by atoms with Crippen LogP contribution in [0.1, 0.15) is 44.1 Å². The molecule has 0 spiro atoms. The predicted octanol–water partition coefficient (Wildman–Crippen LogP) is 3.20. The number of rotatable bonds is 3. The summed E-state index contributed by atoms with van der Waals surface area (Å²) in [7, 11) is 0. The van der Waals surface area contributed by atoms with Crippen LogP contribution in [0.5, 0.6) is 0 Å². The highest BCUT2D eigenvalue weighted by Crippen LogP contribution is 2.44. The topological polar surface area (TPSA) is 29.3 Å². The first kappa shape index (κ1) is 12.9. The Bertz CT molecular complexity index is 446. The molecule has 3 heteroatoms. The van der Waals surface area contributed by atoms with E-state index in [4.69, 9.17) is 5.73 Å². The van der Waals surface area contributed by atoms with Crippen LogP contribution >= 0.6 is 0 Å². The average Bonchev–Trinajstić information content (AvgIpc) is 3.11. The number of halogens is 1. The Balaban J connectivity index is 2.04. The minimum absolute atomic E-state index is 0.0139. The van der Waals surface area contributed by atoms with E-state index in [1.165, 1.54) is 31.4 Å². The molecule has 1 aliphatic carbocycles. The van der Waals surface area contributed by atoms with Crippen LogP contribution in [0.2, 0.25) is 0 Å². The van der Waals surface area contributed by atoms with Crippen molar-refractivity contribution >= 4 is 5.69 Å². The van der Waals surface area contributed by atoms with Crippen LogP contribution < -0.4 is 10.6 Å². The summed E-state index contributed by atoms with van der Waals surface area (Å²) in [5.74, 6) is -0.127. The monoisotopic (exact) mass is 262 g/mol. The first-order chi connectivity index (χ1) is 9.25. The molecule has 1 aromatic carbocycles. The normalized spacial score (nSPS) is 22.1. The van der Waals surface area contributed by atoms with E-state index in [1.54, 1.807) is 12.1 Å². The lowest BCUT2D eigenvalue weighted by Crippen LogP contribution is -2.34. The van der Waals surface area contributed by atoms with E-state index in [0.29, 0.717) is 6.54 Å². The van der Waals surface area contributed by atoms with Crippen LogP contribution in [0.25, 0.3) is 0 Å². The molecule has 1 saturated carbocycles. The van der Waals surface area contributed by atoms with Gasteiger partial charge in [0.25, 0.3) is 0 Å². The zero-order chi connectivity index (χ0) is 13.3. The average molecular weight is 262 g/mol. The molecule has 0 aromatic heterocycles. The third kappa shape index (κ3) is 2.25. The maximum atomic E-state index is 13.7. The van der Waals surface area contributed by atoms with Gasteiger partial charge in [0.05, 0.1) is 0 Å². The second kappa shape index (κ2) is 5.12. The van der Waals surface area contributed by atoms with Crippen molar-refractivity contribution in [2.24, 2.45) is 5.73 Å².